The van der Waals surface area contributed by atoms with Gasteiger partial charge in [0.2, 0.25) is 5.88 Å². The molecule has 0 saturated heterocycles. The molecule has 0 amide bonds. The Bertz CT molecular complexity index is 209. The predicted molar refractivity (Wildman–Crippen MR) is 42.7 cm³/mol. The van der Waals surface area contributed by atoms with Crippen LogP contribution in [0.2, 0.25) is 0 Å². The van der Waals surface area contributed by atoms with E-state index in [0.29, 0.717) is 12.5 Å². The molecule has 1 aromatic heterocycles. The molecule has 4 heteroatoms. The highest BCUT2D eigenvalue weighted by Gasteiger charge is 1.95. The Morgan fingerprint density at radius 1 is 1.73 bits per heavy atom. The minimum absolute atomic E-state index is 0.654. The lowest BCUT2D eigenvalue weighted by Gasteiger charge is -1.99. The number of hydrogen-bond donors (Lipinski definition) is 2. The molecule has 0 spiro atoms. The van der Waals surface area contributed by atoms with Gasteiger partial charge in [0.15, 0.2) is 0 Å². The van der Waals surface area contributed by atoms with Gasteiger partial charge in [-0.1, -0.05) is 0 Å². The highest BCUT2D eigenvalue weighted by molar-refractivity contribution is 5.11. The molecule has 0 aliphatic heterocycles. The Labute approximate surface area is 66.0 Å². The maximum Gasteiger partial charge on any atom is 0.232 e. The summed E-state index contributed by atoms with van der Waals surface area (Å²) >= 11 is 0. The third-order valence-electron chi connectivity index (χ3n) is 1.28. The van der Waals surface area contributed by atoms with Gasteiger partial charge in [-0.05, 0) is 14.0 Å². The number of aryl methyl sites for hydroxylation is 1. The van der Waals surface area contributed by atoms with E-state index in [9.17, 15) is 0 Å². The maximum absolute atomic E-state index is 5.26. The van der Waals surface area contributed by atoms with Crippen molar-refractivity contribution < 1.29 is 4.74 Å². The molecule has 0 unspecified atom stereocenters. The number of likely N-dealkylation sites (N-methyl/N-ethyl adjacent to an activating group) is 1. The van der Waals surface area contributed by atoms with E-state index in [1.54, 1.807) is 0 Å². The molecule has 0 fully saturated rings. The Morgan fingerprint density at radius 3 is 3.09 bits per heavy atom. The van der Waals surface area contributed by atoms with E-state index in [-0.39, 0.29) is 0 Å². The first-order valence-electron chi connectivity index (χ1n) is 3.62. The fraction of sp³-hybridized carbons (Fsp3) is 0.571. The molecule has 0 aliphatic carbocycles. The quantitative estimate of drug-likeness (QED) is 0.615. The van der Waals surface area contributed by atoms with Crippen LogP contribution in [0.1, 0.15) is 5.69 Å². The lowest BCUT2D eigenvalue weighted by atomic mass is 10.5. The Kier molecular flexibility index (Phi) is 2.92. The van der Waals surface area contributed by atoms with Crippen LogP contribution in [-0.4, -0.2) is 30.4 Å². The van der Waals surface area contributed by atoms with Crippen LogP contribution in [0.5, 0.6) is 5.88 Å². The van der Waals surface area contributed by atoms with Crippen LogP contribution in [0.3, 0.4) is 0 Å². The molecule has 11 heavy (non-hydrogen) atoms. The van der Waals surface area contributed by atoms with Crippen molar-refractivity contribution in [2.75, 3.05) is 20.2 Å². The fourth-order valence-corrected chi connectivity index (χ4v) is 0.725. The van der Waals surface area contributed by atoms with Crippen LogP contribution in [-0.2, 0) is 0 Å². The monoisotopic (exact) mass is 155 g/mol. The number of nitrogens with one attached hydrogen (secondary N) is 2. The zero-order valence-electron chi connectivity index (χ0n) is 6.85. The van der Waals surface area contributed by atoms with Gasteiger partial charge in [0.1, 0.15) is 6.61 Å². The zero-order chi connectivity index (χ0) is 8.10. The van der Waals surface area contributed by atoms with Gasteiger partial charge in [-0.2, -0.15) is 0 Å². The van der Waals surface area contributed by atoms with E-state index >= 15 is 0 Å². The molecule has 0 aliphatic rings. The minimum Gasteiger partial charge on any atom is -0.475 e. The molecule has 1 aromatic rings. The van der Waals surface area contributed by atoms with E-state index in [4.69, 9.17) is 4.74 Å². The summed E-state index contributed by atoms with van der Waals surface area (Å²) in [4.78, 5) is 0. The number of hydrogen-bond acceptors (Lipinski definition) is 3. The second kappa shape index (κ2) is 3.98. The van der Waals surface area contributed by atoms with Gasteiger partial charge in [-0.25, -0.2) is 0 Å². The van der Waals surface area contributed by atoms with Crippen LogP contribution in [0.25, 0.3) is 0 Å². The maximum atomic E-state index is 5.26. The average molecular weight is 155 g/mol. The fourth-order valence-electron chi connectivity index (χ4n) is 0.725. The largest absolute Gasteiger partial charge is 0.475 e. The van der Waals surface area contributed by atoms with Gasteiger partial charge < -0.3 is 10.1 Å². The highest BCUT2D eigenvalue weighted by atomic mass is 16.5. The Balaban J connectivity index is 2.27. The summed E-state index contributed by atoms with van der Waals surface area (Å²) in [5.41, 5.74) is 1.02. The van der Waals surface area contributed by atoms with Crippen molar-refractivity contribution in [3.8, 4) is 5.88 Å². The summed E-state index contributed by atoms with van der Waals surface area (Å²) in [6.45, 7) is 3.44. The van der Waals surface area contributed by atoms with Gasteiger partial charge >= 0.3 is 0 Å². The van der Waals surface area contributed by atoms with Crippen LogP contribution in [0.15, 0.2) is 6.07 Å². The van der Waals surface area contributed by atoms with Crippen LogP contribution < -0.4 is 10.1 Å². The summed E-state index contributed by atoms with van der Waals surface area (Å²) in [6.07, 6.45) is 0. The third kappa shape index (κ3) is 2.59. The molecule has 0 atom stereocenters. The first kappa shape index (κ1) is 8.07. The lowest BCUT2D eigenvalue weighted by Crippen LogP contribution is -2.15. The van der Waals surface area contributed by atoms with Crippen LogP contribution in [0, 0.1) is 6.92 Å². The first-order valence-corrected chi connectivity index (χ1v) is 3.62. The van der Waals surface area contributed by atoms with Crippen LogP contribution >= 0.6 is 0 Å². The molecule has 4 nitrogen and oxygen atoms in total. The topological polar surface area (TPSA) is 49.9 Å². The highest BCUT2D eigenvalue weighted by Crippen LogP contribution is 2.05. The summed E-state index contributed by atoms with van der Waals surface area (Å²) in [6, 6.07) is 1.87. The molecule has 0 saturated carbocycles. The van der Waals surface area contributed by atoms with Crippen molar-refractivity contribution >= 4 is 0 Å². The van der Waals surface area contributed by atoms with Crippen molar-refractivity contribution in [2.45, 2.75) is 6.92 Å². The molecule has 0 aromatic carbocycles. The summed E-state index contributed by atoms with van der Waals surface area (Å²) in [7, 11) is 1.89. The summed E-state index contributed by atoms with van der Waals surface area (Å²) in [5, 5.41) is 9.69. The predicted octanol–water partition coefficient (Wildman–Crippen LogP) is 0.316. The van der Waals surface area contributed by atoms with Gasteiger partial charge in [0.05, 0.1) is 0 Å². The first-order chi connectivity index (χ1) is 5.33. The van der Waals surface area contributed by atoms with E-state index in [2.05, 4.69) is 15.5 Å². The molecule has 1 heterocycles. The third-order valence-corrected chi connectivity index (χ3v) is 1.28. The number of rotatable bonds is 4. The second-order valence-corrected chi connectivity index (χ2v) is 2.34. The van der Waals surface area contributed by atoms with Crippen molar-refractivity contribution in [3.05, 3.63) is 11.8 Å². The molecule has 0 bridgehead atoms. The number of ether oxygens (including phenoxy) is 1. The number of aromatic nitrogens is 2. The van der Waals surface area contributed by atoms with E-state index in [1.807, 2.05) is 20.0 Å². The Morgan fingerprint density at radius 2 is 2.55 bits per heavy atom. The normalized spacial score (nSPS) is 10.0. The zero-order valence-corrected chi connectivity index (χ0v) is 6.85. The van der Waals surface area contributed by atoms with Gasteiger partial charge in [0, 0.05) is 18.3 Å². The average Bonchev–Trinajstić information content (AvgIpc) is 2.37. The molecular formula is C7H13N3O. The van der Waals surface area contributed by atoms with Gasteiger partial charge in [-0.3, -0.25) is 5.10 Å². The lowest BCUT2D eigenvalue weighted by molar-refractivity contribution is 0.306. The van der Waals surface area contributed by atoms with Crippen molar-refractivity contribution in [2.24, 2.45) is 0 Å². The SMILES string of the molecule is CNCCOc1cc(C)[nH]n1. The van der Waals surface area contributed by atoms with E-state index in [1.165, 1.54) is 0 Å². The second-order valence-electron chi connectivity index (χ2n) is 2.34. The number of aromatic amines is 1. The minimum atomic E-state index is 0.654. The molecule has 62 valence electrons. The molecule has 1 rings (SSSR count). The van der Waals surface area contributed by atoms with E-state index in [0.717, 1.165) is 12.2 Å². The van der Waals surface area contributed by atoms with Crippen molar-refractivity contribution in [1.82, 2.24) is 15.5 Å². The molecular weight excluding hydrogens is 142 g/mol. The van der Waals surface area contributed by atoms with Crippen molar-refractivity contribution in [1.29, 1.82) is 0 Å². The molecule has 0 radical (unpaired) electrons. The summed E-state index contributed by atoms with van der Waals surface area (Å²) < 4.78 is 5.26. The van der Waals surface area contributed by atoms with Crippen LogP contribution in [0.4, 0.5) is 0 Å². The molecule has 2 N–H and O–H groups in total. The number of nitrogens with zero attached hydrogens (tertiary/aromatic N) is 1. The Hall–Kier alpha value is -1.03. The van der Waals surface area contributed by atoms with E-state index < -0.39 is 0 Å². The van der Waals surface area contributed by atoms with Crippen molar-refractivity contribution in [3.63, 3.8) is 0 Å². The number of H-pyrrole nitrogens is 1. The standard InChI is InChI=1S/C7H13N3O/c1-6-5-7(10-9-6)11-4-3-8-2/h5,8H,3-4H2,1-2H3,(H,9,10). The van der Waals surface area contributed by atoms with Gasteiger partial charge in [0.25, 0.3) is 0 Å². The smallest absolute Gasteiger partial charge is 0.232 e. The summed E-state index contributed by atoms with van der Waals surface area (Å²) in [5.74, 6) is 0.665. The van der Waals surface area contributed by atoms with Gasteiger partial charge in [-0.15, -0.1) is 5.10 Å².